The molecule has 0 aromatic heterocycles. The van der Waals surface area contributed by atoms with Gasteiger partial charge in [0.05, 0.1) is 15.1 Å². The van der Waals surface area contributed by atoms with E-state index in [1.54, 1.807) is 36.4 Å². The van der Waals surface area contributed by atoms with Crippen LogP contribution in [-0.4, -0.2) is 35.3 Å². The molecule has 1 aliphatic heterocycles. The number of hydrogen-bond acceptors (Lipinski definition) is 7. The molecule has 13 heteroatoms. The first-order valence-corrected chi connectivity index (χ1v) is 11.9. The summed E-state index contributed by atoms with van der Waals surface area (Å²) >= 11 is 9.16. The first-order valence-electron chi connectivity index (χ1n) is 10.8. The molecule has 192 valence electrons. The fourth-order valence-electron chi connectivity index (χ4n) is 3.40. The summed E-state index contributed by atoms with van der Waals surface area (Å²) in [6, 6.07) is 15.1. The molecule has 0 radical (unpaired) electrons. The number of nitro benzene ring substituents is 1. The molecule has 1 fully saturated rings. The Morgan fingerprint density at radius 2 is 1.84 bits per heavy atom. The van der Waals surface area contributed by atoms with E-state index in [-0.39, 0.29) is 23.6 Å². The molecule has 5 amide bonds. The minimum Gasteiger partial charge on any atom is -0.483 e. The maximum absolute atomic E-state index is 13.0. The zero-order valence-corrected chi connectivity index (χ0v) is 21.5. The maximum Gasteiger partial charge on any atom is 0.335 e. The normalized spacial score (nSPS) is 14.3. The summed E-state index contributed by atoms with van der Waals surface area (Å²) in [5.74, 6) is -1.95. The fourth-order valence-corrected chi connectivity index (χ4v) is 4.04. The Morgan fingerprint density at radius 3 is 2.53 bits per heavy atom. The highest BCUT2D eigenvalue weighted by molar-refractivity contribution is 9.10. The molecule has 1 heterocycles. The van der Waals surface area contributed by atoms with E-state index in [2.05, 4.69) is 26.6 Å². The van der Waals surface area contributed by atoms with E-state index in [4.69, 9.17) is 16.3 Å². The molecule has 11 nitrogen and oxygen atoms in total. The number of benzene rings is 3. The number of hydrogen-bond donors (Lipinski definition) is 2. The third-order valence-corrected chi connectivity index (χ3v) is 6.03. The van der Waals surface area contributed by atoms with Crippen LogP contribution in [0.3, 0.4) is 0 Å². The largest absolute Gasteiger partial charge is 0.483 e. The zero-order chi connectivity index (χ0) is 27.4. The van der Waals surface area contributed by atoms with Gasteiger partial charge >= 0.3 is 6.03 Å². The molecule has 1 aliphatic rings. The minimum atomic E-state index is -1.03. The molecule has 0 spiro atoms. The molecule has 38 heavy (non-hydrogen) atoms. The predicted octanol–water partition coefficient (Wildman–Crippen LogP) is 4.69. The molecular weight excluding hydrogens is 584 g/mol. The predicted molar refractivity (Wildman–Crippen MR) is 142 cm³/mol. The second-order valence-corrected chi connectivity index (χ2v) is 9.06. The number of nitrogens with zero attached hydrogens (tertiary/aromatic N) is 2. The van der Waals surface area contributed by atoms with Crippen molar-refractivity contribution >= 4 is 74.4 Å². The Balaban J connectivity index is 1.49. The van der Waals surface area contributed by atoms with Crippen molar-refractivity contribution in [3.63, 3.8) is 0 Å². The van der Waals surface area contributed by atoms with Gasteiger partial charge in [-0.3, -0.25) is 29.8 Å². The van der Waals surface area contributed by atoms with Crippen molar-refractivity contribution in [3.8, 4) is 5.75 Å². The van der Waals surface area contributed by atoms with Gasteiger partial charge in [-0.2, -0.15) is 0 Å². The van der Waals surface area contributed by atoms with E-state index < -0.39 is 28.7 Å². The number of non-ortho nitro benzene ring substituents is 1. The van der Waals surface area contributed by atoms with E-state index >= 15 is 0 Å². The highest BCUT2D eigenvalue weighted by Gasteiger charge is 2.37. The summed E-state index contributed by atoms with van der Waals surface area (Å²) in [7, 11) is 0. The van der Waals surface area contributed by atoms with Crippen LogP contribution in [-0.2, 0) is 14.4 Å². The van der Waals surface area contributed by atoms with Gasteiger partial charge in [-0.15, -0.1) is 0 Å². The van der Waals surface area contributed by atoms with Gasteiger partial charge in [0.25, 0.3) is 23.4 Å². The Kier molecular flexibility index (Phi) is 7.84. The van der Waals surface area contributed by atoms with Gasteiger partial charge in [-0.05, 0) is 70.0 Å². The van der Waals surface area contributed by atoms with E-state index in [1.165, 1.54) is 30.3 Å². The van der Waals surface area contributed by atoms with Crippen molar-refractivity contribution < 1.29 is 28.8 Å². The lowest BCUT2D eigenvalue weighted by molar-refractivity contribution is -0.384. The van der Waals surface area contributed by atoms with Crippen molar-refractivity contribution in [3.05, 3.63) is 97.5 Å². The second-order valence-electron chi connectivity index (χ2n) is 7.77. The van der Waals surface area contributed by atoms with E-state index in [1.807, 2.05) is 0 Å². The number of halogens is 2. The van der Waals surface area contributed by atoms with Gasteiger partial charge in [-0.25, -0.2) is 9.69 Å². The molecule has 2 N–H and O–H groups in total. The standard InChI is InChI=1S/C25H16BrClN4O7/c26-20-11-14(4-9-21(20)38-13-22(32)28-16-7-5-15(27)6-8-16)10-19-23(33)29-25(35)30(24(19)34)17-2-1-3-18(12-17)31(36)37/h1-12H,13H2,(H,28,32)(H,29,33,35)/b19-10+. The highest BCUT2D eigenvalue weighted by atomic mass is 79.9. The molecule has 0 bridgehead atoms. The Morgan fingerprint density at radius 1 is 1.11 bits per heavy atom. The van der Waals surface area contributed by atoms with Crippen LogP contribution in [0, 0.1) is 10.1 Å². The number of ether oxygens (including phenoxy) is 1. The quantitative estimate of drug-likeness (QED) is 0.173. The SMILES string of the molecule is O=C(COc1ccc(/C=C2\C(=O)NC(=O)N(c3cccc([N+](=O)[O-])c3)C2=O)cc1Br)Nc1ccc(Cl)cc1. The van der Waals surface area contributed by atoms with Crippen molar-refractivity contribution in [2.24, 2.45) is 0 Å². The summed E-state index contributed by atoms with van der Waals surface area (Å²) in [5, 5.41) is 16.4. The molecule has 3 aromatic carbocycles. The topological polar surface area (TPSA) is 148 Å². The number of barbiturate groups is 1. The highest BCUT2D eigenvalue weighted by Crippen LogP contribution is 2.29. The van der Waals surface area contributed by atoms with Gasteiger partial charge in [-0.1, -0.05) is 23.7 Å². The number of rotatable bonds is 7. The Labute approximate surface area is 228 Å². The van der Waals surface area contributed by atoms with Crippen molar-refractivity contribution in [2.45, 2.75) is 0 Å². The summed E-state index contributed by atoms with van der Waals surface area (Å²) < 4.78 is 5.97. The number of carbonyl (C=O) groups is 4. The fraction of sp³-hybridized carbons (Fsp3) is 0.0400. The third-order valence-electron chi connectivity index (χ3n) is 5.15. The summed E-state index contributed by atoms with van der Waals surface area (Å²) in [6.45, 7) is -0.289. The summed E-state index contributed by atoms with van der Waals surface area (Å²) in [4.78, 5) is 61.1. The molecular formula is C25H16BrClN4O7. The van der Waals surface area contributed by atoms with E-state index in [0.29, 0.717) is 31.4 Å². The molecule has 0 unspecified atom stereocenters. The van der Waals surface area contributed by atoms with Crippen molar-refractivity contribution in [2.75, 3.05) is 16.8 Å². The first kappa shape index (κ1) is 26.5. The number of nitro groups is 1. The summed E-state index contributed by atoms with van der Waals surface area (Å²) in [5.41, 5.74) is 0.201. The lowest BCUT2D eigenvalue weighted by Crippen LogP contribution is -2.54. The number of amides is 5. The number of urea groups is 1. The van der Waals surface area contributed by atoms with Crippen LogP contribution in [0.5, 0.6) is 5.75 Å². The zero-order valence-electron chi connectivity index (χ0n) is 19.1. The molecule has 3 aromatic rings. The number of anilines is 2. The van der Waals surface area contributed by atoms with Crippen molar-refractivity contribution in [1.82, 2.24) is 5.32 Å². The van der Waals surface area contributed by atoms with Gasteiger partial charge < -0.3 is 10.1 Å². The Bertz CT molecular complexity index is 1510. The van der Waals surface area contributed by atoms with Gasteiger partial charge in [0.2, 0.25) is 0 Å². The average Bonchev–Trinajstić information content (AvgIpc) is 2.87. The van der Waals surface area contributed by atoms with Crippen LogP contribution in [0.25, 0.3) is 6.08 Å². The molecule has 0 aliphatic carbocycles. The third kappa shape index (κ3) is 6.05. The van der Waals surface area contributed by atoms with Crippen LogP contribution in [0.4, 0.5) is 21.9 Å². The lowest BCUT2D eigenvalue weighted by atomic mass is 10.1. The van der Waals surface area contributed by atoms with E-state index in [9.17, 15) is 29.3 Å². The molecule has 1 saturated heterocycles. The lowest BCUT2D eigenvalue weighted by Gasteiger charge is -2.26. The smallest absolute Gasteiger partial charge is 0.335 e. The number of imide groups is 2. The molecule has 0 saturated carbocycles. The van der Waals surface area contributed by atoms with Crippen LogP contribution in [0.1, 0.15) is 5.56 Å². The Hall–Kier alpha value is -4.55. The number of nitrogens with one attached hydrogen (secondary N) is 2. The van der Waals surface area contributed by atoms with Gasteiger partial charge in [0, 0.05) is 22.8 Å². The maximum atomic E-state index is 13.0. The van der Waals surface area contributed by atoms with E-state index in [0.717, 1.165) is 6.07 Å². The molecule has 4 rings (SSSR count). The van der Waals surface area contributed by atoms with Crippen LogP contribution >= 0.6 is 27.5 Å². The van der Waals surface area contributed by atoms with Crippen LogP contribution < -0.4 is 20.3 Å². The number of carbonyl (C=O) groups excluding carboxylic acids is 4. The van der Waals surface area contributed by atoms with Crippen LogP contribution in [0.2, 0.25) is 5.02 Å². The van der Waals surface area contributed by atoms with Gasteiger partial charge in [0.15, 0.2) is 6.61 Å². The monoisotopic (exact) mass is 598 g/mol. The minimum absolute atomic E-state index is 0.0677. The first-order chi connectivity index (χ1) is 18.1. The van der Waals surface area contributed by atoms with Crippen LogP contribution in [0.15, 0.2) is 76.8 Å². The van der Waals surface area contributed by atoms with Crippen molar-refractivity contribution in [1.29, 1.82) is 0 Å². The second kappa shape index (κ2) is 11.2. The summed E-state index contributed by atoms with van der Waals surface area (Å²) in [6.07, 6.45) is 1.26. The average molecular weight is 600 g/mol. The van der Waals surface area contributed by atoms with Gasteiger partial charge in [0.1, 0.15) is 11.3 Å². The molecule has 0 atom stereocenters.